The van der Waals surface area contributed by atoms with Crippen LogP contribution in [0.4, 0.5) is 0 Å². The molecule has 8 heteroatoms. The molecule has 1 unspecified atom stereocenters. The molecule has 0 fully saturated rings. The molecule has 6 nitrogen and oxygen atoms in total. The van der Waals surface area contributed by atoms with Crippen molar-refractivity contribution < 1.29 is 14.7 Å². The van der Waals surface area contributed by atoms with Crippen molar-refractivity contribution in [3.05, 3.63) is 28.5 Å². The normalized spacial score (nSPS) is 14.4. The van der Waals surface area contributed by atoms with E-state index in [1.54, 1.807) is 17.5 Å². The smallest absolute Gasteiger partial charge is 0.329 e. The topological polar surface area (TPSA) is 83.7 Å². The lowest BCUT2D eigenvalue weighted by molar-refractivity contribution is -0.146. The van der Waals surface area contributed by atoms with Crippen molar-refractivity contribution >= 4 is 45.9 Å². The van der Waals surface area contributed by atoms with Gasteiger partial charge in [0, 0.05) is 17.7 Å². The van der Waals surface area contributed by atoms with Crippen LogP contribution in [-0.4, -0.2) is 31.9 Å². The molecule has 0 saturated heterocycles. The molecule has 2 rings (SSSR count). The number of fused-ring (bicyclic) bond motifs is 1. The van der Waals surface area contributed by atoms with E-state index in [1.807, 2.05) is 5.38 Å². The fraction of sp³-hybridized carbons (Fsp3) is 0.308. The lowest BCUT2D eigenvalue weighted by Crippen LogP contribution is -2.51. The average Bonchev–Trinajstić information content (AvgIpc) is 2.96. The van der Waals surface area contributed by atoms with Crippen molar-refractivity contribution in [2.24, 2.45) is 0 Å². The molecular formula is C13H14ClN3O3S. The number of rotatable bonds is 5. The summed E-state index contributed by atoms with van der Waals surface area (Å²) < 4.78 is 1.76. The summed E-state index contributed by atoms with van der Waals surface area (Å²) in [6.07, 6.45) is 4.85. The maximum Gasteiger partial charge on any atom is 0.329 e. The van der Waals surface area contributed by atoms with Gasteiger partial charge in [0.15, 0.2) is 10.1 Å². The van der Waals surface area contributed by atoms with Crippen LogP contribution in [0.5, 0.6) is 0 Å². The highest BCUT2D eigenvalue weighted by Crippen LogP contribution is 2.22. The number of aliphatic carboxylic acids is 1. The Morgan fingerprint density at radius 3 is 2.95 bits per heavy atom. The van der Waals surface area contributed by atoms with Crippen LogP contribution in [-0.2, 0) is 9.59 Å². The summed E-state index contributed by atoms with van der Waals surface area (Å²) >= 11 is 7.43. The van der Waals surface area contributed by atoms with E-state index in [0.29, 0.717) is 10.8 Å². The Morgan fingerprint density at radius 2 is 2.33 bits per heavy atom. The molecule has 2 N–H and O–H groups in total. The van der Waals surface area contributed by atoms with Crippen molar-refractivity contribution in [2.45, 2.75) is 25.8 Å². The number of carbonyl (C=O) groups is 2. The van der Waals surface area contributed by atoms with E-state index < -0.39 is 17.4 Å². The van der Waals surface area contributed by atoms with Crippen LogP contribution < -0.4 is 5.32 Å². The van der Waals surface area contributed by atoms with Gasteiger partial charge in [0.05, 0.1) is 5.69 Å². The standard InChI is InChI=1S/C13H14ClN3O3S/c1-3-13(2,11(19)20)16-9(18)5-4-8-10(14)15-12-17(8)6-7-21-12/h4-7H,3H2,1-2H3,(H,16,18)(H,19,20). The van der Waals surface area contributed by atoms with Gasteiger partial charge in [0.2, 0.25) is 5.91 Å². The third-order valence-corrected chi connectivity index (χ3v) is 4.26. The zero-order valence-corrected chi connectivity index (χ0v) is 13.0. The molecule has 0 radical (unpaired) electrons. The lowest BCUT2D eigenvalue weighted by Gasteiger charge is -2.23. The average molecular weight is 328 g/mol. The molecule has 2 heterocycles. The number of imidazole rings is 1. The number of carboxylic acids is 1. The molecule has 112 valence electrons. The number of hydrogen-bond donors (Lipinski definition) is 2. The van der Waals surface area contributed by atoms with E-state index in [9.17, 15) is 9.59 Å². The number of amides is 1. The largest absolute Gasteiger partial charge is 0.480 e. The predicted octanol–water partition coefficient (Wildman–Crippen LogP) is 2.43. The van der Waals surface area contributed by atoms with E-state index in [2.05, 4.69) is 10.3 Å². The van der Waals surface area contributed by atoms with Gasteiger partial charge < -0.3 is 10.4 Å². The van der Waals surface area contributed by atoms with Crippen LogP contribution in [0, 0.1) is 0 Å². The van der Waals surface area contributed by atoms with Gasteiger partial charge in [-0.3, -0.25) is 9.20 Å². The first-order chi connectivity index (χ1) is 9.87. The van der Waals surface area contributed by atoms with Gasteiger partial charge in [-0.15, -0.1) is 11.3 Å². The van der Waals surface area contributed by atoms with Crippen LogP contribution in [0.1, 0.15) is 26.0 Å². The van der Waals surface area contributed by atoms with Gasteiger partial charge in [-0.2, -0.15) is 0 Å². The van der Waals surface area contributed by atoms with Crippen LogP contribution in [0.15, 0.2) is 17.7 Å². The number of nitrogens with one attached hydrogen (secondary N) is 1. The van der Waals surface area contributed by atoms with Gasteiger partial charge in [0.1, 0.15) is 5.54 Å². The third-order valence-electron chi connectivity index (χ3n) is 3.22. The monoisotopic (exact) mass is 327 g/mol. The summed E-state index contributed by atoms with van der Waals surface area (Å²) in [6.45, 7) is 3.16. The number of thiazole rings is 1. The maximum absolute atomic E-state index is 11.9. The molecule has 2 aromatic rings. The van der Waals surface area contributed by atoms with Gasteiger partial charge in [-0.05, 0) is 19.4 Å². The van der Waals surface area contributed by atoms with Crippen LogP contribution >= 0.6 is 22.9 Å². The number of carboxylic acid groups (broad SMARTS) is 1. The van der Waals surface area contributed by atoms with Gasteiger partial charge >= 0.3 is 5.97 Å². The maximum atomic E-state index is 11.9. The van der Waals surface area contributed by atoms with Crippen molar-refractivity contribution in [3.63, 3.8) is 0 Å². The molecule has 1 amide bonds. The predicted molar refractivity (Wildman–Crippen MR) is 81.6 cm³/mol. The summed E-state index contributed by atoms with van der Waals surface area (Å²) in [7, 11) is 0. The molecule has 0 bridgehead atoms. The van der Waals surface area contributed by atoms with Crippen LogP contribution in [0.25, 0.3) is 11.0 Å². The SMILES string of the molecule is CCC(C)(NC(=O)C=Cc1c(Cl)nc2sccn12)C(=O)O. The summed E-state index contributed by atoms with van der Waals surface area (Å²) in [5.74, 6) is -1.57. The zero-order chi connectivity index (χ0) is 15.6. The molecule has 0 saturated carbocycles. The summed E-state index contributed by atoms with van der Waals surface area (Å²) in [5, 5.41) is 13.7. The summed E-state index contributed by atoms with van der Waals surface area (Å²) in [4.78, 5) is 27.9. The second-order valence-corrected chi connectivity index (χ2v) is 5.89. The number of aromatic nitrogens is 2. The molecule has 0 aliphatic heterocycles. The highest BCUT2D eigenvalue weighted by molar-refractivity contribution is 7.15. The Hall–Kier alpha value is -1.86. The van der Waals surface area contributed by atoms with Crippen molar-refractivity contribution in [1.82, 2.24) is 14.7 Å². The van der Waals surface area contributed by atoms with Crippen molar-refractivity contribution in [2.75, 3.05) is 0 Å². The molecule has 1 atom stereocenters. The van der Waals surface area contributed by atoms with Crippen LogP contribution in [0.2, 0.25) is 5.15 Å². The number of halogens is 1. The van der Waals surface area contributed by atoms with Gasteiger partial charge in [-0.25, -0.2) is 9.78 Å². The van der Waals surface area contributed by atoms with E-state index in [4.69, 9.17) is 16.7 Å². The Morgan fingerprint density at radius 1 is 1.62 bits per heavy atom. The Balaban J connectivity index is 2.17. The zero-order valence-electron chi connectivity index (χ0n) is 11.5. The third kappa shape index (κ3) is 3.08. The first kappa shape index (κ1) is 15.5. The van der Waals surface area contributed by atoms with E-state index in [0.717, 1.165) is 4.96 Å². The quantitative estimate of drug-likeness (QED) is 0.826. The number of nitrogens with zero attached hydrogens (tertiary/aromatic N) is 2. The number of carbonyl (C=O) groups excluding carboxylic acids is 1. The number of hydrogen-bond acceptors (Lipinski definition) is 4. The minimum atomic E-state index is -1.29. The van der Waals surface area contributed by atoms with Crippen molar-refractivity contribution in [1.29, 1.82) is 0 Å². The second kappa shape index (κ2) is 5.87. The lowest BCUT2D eigenvalue weighted by atomic mass is 9.99. The van der Waals surface area contributed by atoms with E-state index in [-0.39, 0.29) is 6.42 Å². The highest BCUT2D eigenvalue weighted by atomic mass is 35.5. The summed E-state index contributed by atoms with van der Waals surface area (Å²) in [5.41, 5.74) is -0.711. The fourth-order valence-corrected chi connectivity index (χ4v) is 2.69. The molecular weight excluding hydrogens is 314 g/mol. The Kier molecular flexibility index (Phi) is 4.34. The van der Waals surface area contributed by atoms with E-state index in [1.165, 1.54) is 30.4 Å². The Bertz CT molecular complexity index is 721. The van der Waals surface area contributed by atoms with Gasteiger partial charge in [-0.1, -0.05) is 18.5 Å². The molecule has 0 aliphatic rings. The molecule has 2 aromatic heterocycles. The minimum Gasteiger partial charge on any atom is -0.480 e. The Labute approximate surface area is 130 Å². The van der Waals surface area contributed by atoms with Gasteiger partial charge in [0.25, 0.3) is 0 Å². The second-order valence-electron chi connectivity index (χ2n) is 4.66. The minimum absolute atomic E-state index is 0.282. The molecule has 21 heavy (non-hydrogen) atoms. The first-order valence-corrected chi connectivity index (χ1v) is 7.48. The fourth-order valence-electron chi connectivity index (χ4n) is 1.69. The highest BCUT2D eigenvalue weighted by Gasteiger charge is 2.32. The molecule has 0 aliphatic carbocycles. The van der Waals surface area contributed by atoms with E-state index >= 15 is 0 Å². The molecule has 0 aromatic carbocycles. The van der Waals surface area contributed by atoms with Crippen LogP contribution in [0.3, 0.4) is 0 Å². The van der Waals surface area contributed by atoms with Crippen molar-refractivity contribution in [3.8, 4) is 0 Å². The summed E-state index contributed by atoms with van der Waals surface area (Å²) in [6, 6.07) is 0. The first-order valence-electron chi connectivity index (χ1n) is 6.22. The molecule has 0 spiro atoms.